The number of carbonyl (C=O) groups excluding carboxylic acids is 2. The summed E-state index contributed by atoms with van der Waals surface area (Å²) in [5, 5.41) is 0. The molecule has 10 nitrogen and oxygen atoms in total. The van der Waals surface area contributed by atoms with E-state index in [1.807, 2.05) is 13.8 Å². The molecule has 0 bridgehead atoms. The fraction of sp³-hybridized carbons (Fsp3) is 0.647. The summed E-state index contributed by atoms with van der Waals surface area (Å²) < 4.78 is 11.0. The van der Waals surface area contributed by atoms with Crippen LogP contribution >= 0.6 is 0 Å². The van der Waals surface area contributed by atoms with E-state index in [-0.39, 0.29) is 24.7 Å². The fourth-order valence-electron chi connectivity index (χ4n) is 2.41. The van der Waals surface area contributed by atoms with Crippen molar-refractivity contribution in [3.63, 3.8) is 0 Å². The quantitative estimate of drug-likeness (QED) is 0.521. The summed E-state index contributed by atoms with van der Waals surface area (Å²) in [7, 11) is 0. The van der Waals surface area contributed by atoms with Gasteiger partial charge >= 0.3 is 11.7 Å². The largest absolute Gasteiger partial charge is 0.454 e. The zero-order valence-corrected chi connectivity index (χ0v) is 16.1. The molecule has 0 atom stereocenters. The summed E-state index contributed by atoms with van der Waals surface area (Å²) in [5.74, 6) is -1.37. The molecule has 27 heavy (non-hydrogen) atoms. The number of anilines is 2. The standard InChI is InChI=1S/C17H28N4O6/c1-4-7-9-20(12(22)10-27-13(23)11-26-6-3)14-15(18)21(8-5-2)17(25)19-16(14)24/h4-11,18H2,1-3H3,(H,19,24,25). The highest BCUT2D eigenvalue weighted by Gasteiger charge is 2.24. The molecule has 1 rings (SSSR count). The molecule has 3 N–H and O–H groups in total. The van der Waals surface area contributed by atoms with Gasteiger partial charge in [0.2, 0.25) is 0 Å². The SMILES string of the molecule is CCCCN(C(=O)COC(=O)COCC)c1c(N)n(CCC)c(=O)[nH]c1=O. The number of amides is 1. The molecule has 0 radical (unpaired) electrons. The highest BCUT2D eigenvalue weighted by molar-refractivity contribution is 5.97. The molecule has 1 heterocycles. The van der Waals surface area contributed by atoms with E-state index in [1.54, 1.807) is 6.92 Å². The van der Waals surface area contributed by atoms with E-state index in [2.05, 4.69) is 4.98 Å². The van der Waals surface area contributed by atoms with Crippen LogP contribution in [0, 0.1) is 0 Å². The van der Waals surface area contributed by atoms with E-state index >= 15 is 0 Å². The first-order valence-corrected chi connectivity index (χ1v) is 9.03. The molecule has 0 aliphatic heterocycles. The monoisotopic (exact) mass is 384 g/mol. The summed E-state index contributed by atoms with van der Waals surface area (Å²) in [6, 6.07) is 0. The van der Waals surface area contributed by atoms with Crippen molar-refractivity contribution in [3.8, 4) is 0 Å². The van der Waals surface area contributed by atoms with Crippen molar-refractivity contribution in [1.29, 1.82) is 0 Å². The second kappa shape index (κ2) is 11.2. The van der Waals surface area contributed by atoms with E-state index in [4.69, 9.17) is 15.2 Å². The van der Waals surface area contributed by atoms with Crippen LogP contribution in [0.2, 0.25) is 0 Å². The molecule has 10 heteroatoms. The van der Waals surface area contributed by atoms with Gasteiger partial charge in [-0.3, -0.25) is 19.1 Å². The number of rotatable bonds is 11. The van der Waals surface area contributed by atoms with Gasteiger partial charge in [-0.05, 0) is 19.8 Å². The first-order valence-electron chi connectivity index (χ1n) is 9.03. The molecule has 0 saturated carbocycles. The third-order valence-corrected chi connectivity index (χ3v) is 3.75. The van der Waals surface area contributed by atoms with Crippen molar-refractivity contribution in [1.82, 2.24) is 9.55 Å². The Morgan fingerprint density at radius 1 is 1.15 bits per heavy atom. The molecular weight excluding hydrogens is 356 g/mol. The van der Waals surface area contributed by atoms with Crippen LogP contribution in [0.5, 0.6) is 0 Å². The molecular formula is C17H28N4O6. The topological polar surface area (TPSA) is 137 Å². The highest BCUT2D eigenvalue weighted by Crippen LogP contribution is 2.18. The molecule has 0 aliphatic carbocycles. The lowest BCUT2D eigenvalue weighted by Gasteiger charge is -2.24. The van der Waals surface area contributed by atoms with E-state index in [1.165, 1.54) is 4.57 Å². The van der Waals surface area contributed by atoms with Crippen LogP contribution in [0.1, 0.15) is 40.0 Å². The van der Waals surface area contributed by atoms with E-state index in [0.29, 0.717) is 26.0 Å². The van der Waals surface area contributed by atoms with Gasteiger partial charge in [0.25, 0.3) is 11.5 Å². The van der Waals surface area contributed by atoms with Crippen molar-refractivity contribution in [2.75, 3.05) is 37.0 Å². The van der Waals surface area contributed by atoms with Gasteiger partial charge < -0.3 is 20.1 Å². The Labute approximate surface area is 157 Å². The van der Waals surface area contributed by atoms with Crippen molar-refractivity contribution >= 4 is 23.4 Å². The number of aromatic amines is 1. The molecule has 0 aliphatic rings. The number of carbonyl (C=O) groups is 2. The number of nitrogens with zero attached hydrogens (tertiary/aromatic N) is 2. The first kappa shape index (κ1) is 22.4. The maximum Gasteiger partial charge on any atom is 0.332 e. The average molecular weight is 384 g/mol. The maximum atomic E-state index is 12.6. The second-order valence-corrected chi connectivity index (χ2v) is 5.84. The normalized spacial score (nSPS) is 10.6. The van der Waals surface area contributed by atoms with Crippen LogP contribution < -0.4 is 21.9 Å². The van der Waals surface area contributed by atoms with Gasteiger partial charge in [-0.15, -0.1) is 0 Å². The minimum absolute atomic E-state index is 0.0873. The molecule has 0 spiro atoms. The van der Waals surface area contributed by atoms with Gasteiger partial charge in [-0.1, -0.05) is 20.3 Å². The number of esters is 1. The predicted molar refractivity (Wildman–Crippen MR) is 101 cm³/mol. The molecule has 0 saturated heterocycles. The summed E-state index contributed by atoms with van der Waals surface area (Å²) in [6.07, 6.45) is 1.98. The Morgan fingerprint density at radius 2 is 1.85 bits per heavy atom. The van der Waals surface area contributed by atoms with E-state index in [0.717, 1.165) is 11.3 Å². The molecule has 1 aromatic heterocycles. The summed E-state index contributed by atoms with van der Waals surface area (Å²) in [4.78, 5) is 51.8. The number of hydrogen-bond acceptors (Lipinski definition) is 7. The molecule has 1 amide bonds. The van der Waals surface area contributed by atoms with Crippen LogP contribution in [0.4, 0.5) is 11.5 Å². The van der Waals surface area contributed by atoms with Crippen molar-refractivity contribution < 1.29 is 19.1 Å². The number of hydrogen-bond donors (Lipinski definition) is 2. The number of unbranched alkanes of at least 4 members (excludes halogenated alkanes) is 1. The van der Waals surface area contributed by atoms with Crippen molar-refractivity contribution in [2.24, 2.45) is 0 Å². The van der Waals surface area contributed by atoms with Crippen molar-refractivity contribution in [2.45, 2.75) is 46.6 Å². The Morgan fingerprint density at radius 3 is 2.44 bits per heavy atom. The van der Waals surface area contributed by atoms with Gasteiger partial charge in [0, 0.05) is 19.7 Å². The molecule has 0 fully saturated rings. The predicted octanol–water partition coefficient (Wildman–Crippen LogP) is 0.242. The minimum atomic E-state index is -0.755. The van der Waals surface area contributed by atoms with E-state index < -0.39 is 29.7 Å². The van der Waals surface area contributed by atoms with Gasteiger partial charge in [0.1, 0.15) is 12.4 Å². The van der Waals surface area contributed by atoms with Crippen LogP contribution in [0.3, 0.4) is 0 Å². The fourth-order valence-corrected chi connectivity index (χ4v) is 2.41. The molecule has 1 aromatic rings. The number of aromatic nitrogens is 2. The van der Waals surface area contributed by atoms with E-state index in [9.17, 15) is 19.2 Å². The van der Waals surface area contributed by atoms with Crippen LogP contribution in [0.25, 0.3) is 0 Å². The Balaban J connectivity index is 3.14. The Bertz CT molecular complexity index is 755. The Kier molecular flexibility index (Phi) is 9.27. The first-order chi connectivity index (χ1) is 12.9. The van der Waals surface area contributed by atoms with Gasteiger partial charge in [-0.25, -0.2) is 9.59 Å². The number of ether oxygens (including phenoxy) is 2. The number of nitrogens with one attached hydrogen (secondary N) is 1. The summed E-state index contributed by atoms with van der Waals surface area (Å²) in [5.41, 5.74) is 4.53. The van der Waals surface area contributed by atoms with Crippen LogP contribution in [-0.2, 0) is 25.6 Å². The third kappa shape index (κ3) is 6.24. The second-order valence-electron chi connectivity index (χ2n) is 5.84. The average Bonchev–Trinajstić information content (AvgIpc) is 2.63. The minimum Gasteiger partial charge on any atom is -0.454 e. The number of nitrogen functional groups attached to an aromatic ring is 1. The molecule has 152 valence electrons. The van der Waals surface area contributed by atoms with Gasteiger partial charge in [0.15, 0.2) is 12.3 Å². The van der Waals surface area contributed by atoms with Crippen molar-refractivity contribution in [3.05, 3.63) is 20.8 Å². The highest BCUT2D eigenvalue weighted by atomic mass is 16.6. The molecule has 0 aromatic carbocycles. The lowest BCUT2D eigenvalue weighted by atomic mass is 10.2. The molecule has 0 unspecified atom stereocenters. The Hall–Kier alpha value is -2.62. The van der Waals surface area contributed by atoms with Crippen LogP contribution in [-0.4, -0.2) is 47.8 Å². The maximum absolute atomic E-state index is 12.6. The summed E-state index contributed by atoms with van der Waals surface area (Å²) in [6.45, 7) is 5.54. The van der Waals surface area contributed by atoms with Crippen LogP contribution in [0.15, 0.2) is 9.59 Å². The smallest absolute Gasteiger partial charge is 0.332 e. The number of nitrogens with two attached hydrogens (primary N) is 1. The number of H-pyrrole nitrogens is 1. The third-order valence-electron chi connectivity index (χ3n) is 3.75. The lowest BCUT2D eigenvalue weighted by molar-refractivity contribution is -0.152. The summed E-state index contributed by atoms with van der Waals surface area (Å²) >= 11 is 0. The van der Waals surface area contributed by atoms with Gasteiger partial charge in [-0.2, -0.15) is 0 Å². The zero-order valence-electron chi connectivity index (χ0n) is 16.1. The lowest BCUT2D eigenvalue weighted by Crippen LogP contribution is -2.43. The zero-order chi connectivity index (χ0) is 20.4. The van der Waals surface area contributed by atoms with Gasteiger partial charge in [0.05, 0.1) is 0 Å².